The summed E-state index contributed by atoms with van der Waals surface area (Å²) in [5, 5.41) is 8.80. The molecule has 100 valence electrons. The molecule has 0 unspecified atom stereocenters. The predicted octanol–water partition coefficient (Wildman–Crippen LogP) is 1.15. The largest absolute Gasteiger partial charge is 0.573 e. The van der Waals surface area contributed by atoms with Crippen molar-refractivity contribution in [1.82, 2.24) is 4.98 Å². The Morgan fingerprint density at radius 2 is 2.17 bits per heavy atom. The van der Waals surface area contributed by atoms with Crippen molar-refractivity contribution in [3.63, 3.8) is 0 Å². The van der Waals surface area contributed by atoms with Gasteiger partial charge in [0.2, 0.25) is 5.88 Å². The molecule has 1 aromatic heterocycles. The summed E-state index contributed by atoms with van der Waals surface area (Å²) in [6.45, 7) is -0.359. The summed E-state index contributed by atoms with van der Waals surface area (Å²) in [6, 6.07) is 0.670. The van der Waals surface area contributed by atoms with Crippen molar-refractivity contribution < 1.29 is 32.5 Å². The first kappa shape index (κ1) is 14.0. The van der Waals surface area contributed by atoms with Crippen LogP contribution < -0.4 is 15.2 Å². The highest BCUT2D eigenvalue weighted by molar-refractivity contribution is 5.90. The number of halogens is 3. The lowest BCUT2D eigenvalue weighted by atomic mass is 10.2. The van der Waals surface area contributed by atoms with Gasteiger partial charge >= 0.3 is 12.3 Å². The molecule has 0 aliphatic carbocycles. The topological polar surface area (TPSA) is 94.7 Å². The molecule has 0 atom stereocenters. The Hall–Kier alpha value is -2.03. The molecule has 0 aromatic carbocycles. The second-order valence-electron chi connectivity index (χ2n) is 3.05. The normalized spacial score (nSPS) is 11.2. The van der Waals surface area contributed by atoms with Crippen LogP contribution in [0, 0.1) is 0 Å². The van der Waals surface area contributed by atoms with Crippen LogP contribution in [-0.2, 0) is 6.54 Å². The summed E-state index contributed by atoms with van der Waals surface area (Å²) in [4.78, 5) is 14.4. The van der Waals surface area contributed by atoms with E-state index in [1.807, 2.05) is 0 Å². The number of carboxylic acid groups (broad SMARTS) is 1. The van der Waals surface area contributed by atoms with Crippen LogP contribution in [0.4, 0.5) is 13.2 Å². The SMILES string of the molecule is COc1nc(CN)c(OC(F)(F)F)cc1C(=O)O. The maximum absolute atomic E-state index is 12.1. The number of aromatic carboxylic acids is 1. The molecule has 1 rings (SSSR count). The van der Waals surface area contributed by atoms with Crippen LogP contribution in [0.3, 0.4) is 0 Å². The van der Waals surface area contributed by atoms with Gasteiger partial charge in [-0.2, -0.15) is 0 Å². The molecule has 0 fully saturated rings. The fourth-order valence-corrected chi connectivity index (χ4v) is 1.18. The average Bonchev–Trinajstić information content (AvgIpc) is 2.26. The van der Waals surface area contributed by atoms with Gasteiger partial charge in [-0.15, -0.1) is 13.2 Å². The molecule has 0 radical (unpaired) electrons. The van der Waals surface area contributed by atoms with Crippen LogP contribution >= 0.6 is 0 Å². The molecule has 0 saturated heterocycles. The molecule has 3 N–H and O–H groups in total. The highest BCUT2D eigenvalue weighted by Crippen LogP contribution is 2.29. The van der Waals surface area contributed by atoms with E-state index in [1.165, 1.54) is 0 Å². The van der Waals surface area contributed by atoms with E-state index in [-0.39, 0.29) is 18.1 Å². The minimum atomic E-state index is -4.96. The molecule has 0 saturated carbocycles. The minimum absolute atomic E-state index is 0.255. The number of carbonyl (C=O) groups is 1. The highest BCUT2D eigenvalue weighted by Gasteiger charge is 2.33. The number of hydrogen-bond acceptors (Lipinski definition) is 5. The van der Waals surface area contributed by atoms with Gasteiger partial charge in [0.05, 0.1) is 7.11 Å². The van der Waals surface area contributed by atoms with E-state index in [0.29, 0.717) is 6.07 Å². The highest BCUT2D eigenvalue weighted by atomic mass is 19.4. The van der Waals surface area contributed by atoms with Crippen LogP contribution in [0.15, 0.2) is 6.07 Å². The van der Waals surface area contributed by atoms with E-state index in [0.717, 1.165) is 7.11 Å². The Kier molecular flexibility index (Phi) is 3.96. The number of rotatable bonds is 4. The number of nitrogens with zero attached hydrogens (tertiary/aromatic N) is 1. The van der Waals surface area contributed by atoms with E-state index in [9.17, 15) is 18.0 Å². The third-order valence-electron chi connectivity index (χ3n) is 1.87. The number of pyridine rings is 1. The Labute approximate surface area is 99.1 Å². The summed E-state index contributed by atoms with van der Waals surface area (Å²) in [5.41, 5.74) is 4.40. The molecule has 6 nitrogen and oxygen atoms in total. The number of hydrogen-bond donors (Lipinski definition) is 2. The van der Waals surface area contributed by atoms with E-state index in [1.54, 1.807) is 0 Å². The van der Waals surface area contributed by atoms with Crippen molar-refractivity contribution in [2.75, 3.05) is 7.11 Å². The number of carboxylic acids is 1. The fourth-order valence-electron chi connectivity index (χ4n) is 1.18. The summed E-state index contributed by atoms with van der Waals surface area (Å²) in [7, 11) is 1.14. The molecule has 0 amide bonds. The van der Waals surface area contributed by atoms with Crippen molar-refractivity contribution in [2.45, 2.75) is 12.9 Å². The van der Waals surface area contributed by atoms with Crippen LogP contribution in [0.25, 0.3) is 0 Å². The van der Waals surface area contributed by atoms with E-state index in [4.69, 9.17) is 10.8 Å². The molecule has 1 heterocycles. The maximum atomic E-state index is 12.1. The van der Waals surface area contributed by atoms with Gasteiger partial charge in [-0.1, -0.05) is 0 Å². The van der Waals surface area contributed by atoms with E-state index >= 15 is 0 Å². The minimum Gasteiger partial charge on any atom is -0.480 e. The van der Waals surface area contributed by atoms with E-state index < -0.39 is 23.6 Å². The molecule has 0 bridgehead atoms. The van der Waals surface area contributed by atoms with Crippen LogP contribution in [0.5, 0.6) is 11.6 Å². The smallest absolute Gasteiger partial charge is 0.480 e. The molecule has 1 aromatic rings. The fraction of sp³-hybridized carbons (Fsp3) is 0.333. The summed E-state index contributed by atoms with van der Waals surface area (Å²) in [5.74, 6) is -2.59. The lowest BCUT2D eigenvalue weighted by molar-refractivity contribution is -0.275. The summed E-state index contributed by atoms with van der Waals surface area (Å²) >= 11 is 0. The molecule has 0 aliphatic heterocycles. The number of ether oxygens (including phenoxy) is 2. The van der Waals surface area contributed by atoms with Crippen molar-refractivity contribution in [3.8, 4) is 11.6 Å². The average molecular weight is 266 g/mol. The zero-order valence-electron chi connectivity index (χ0n) is 9.11. The number of aromatic nitrogens is 1. The molecular weight excluding hydrogens is 257 g/mol. The van der Waals surface area contributed by atoms with Gasteiger partial charge in [0.15, 0.2) is 5.75 Å². The number of methoxy groups -OCH3 is 1. The van der Waals surface area contributed by atoms with Gasteiger partial charge < -0.3 is 20.3 Å². The van der Waals surface area contributed by atoms with Crippen LogP contribution in [0.2, 0.25) is 0 Å². The summed E-state index contributed by atoms with van der Waals surface area (Å²) < 4.78 is 44.6. The van der Waals surface area contributed by atoms with Gasteiger partial charge in [0, 0.05) is 12.6 Å². The van der Waals surface area contributed by atoms with Crippen molar-refractivity contribution >= 4 is 5.97 Å². The van der Waals surface area contributed by atoms with Gasteiger partial charge in [0.25, 0.3) is 0 Å². The molecule has 9 heteroatoms. The Balaban J connectivity index is 3.32. The molecular formula is C9H9F3N2O4. The van der Waals surface area contributed by atoms with Crippen molar-refractivity contribution in [2.24, 2.45) is 5.73 Å². The summed E-state index contributed by atoms with van der Waals surface area (Å²) in [6.07, 6.45) is -4.96. The van der Waals surface area contributed by atoms with Gasteiger partial charge in [-0.25, -0.2) is 9.78 Å². The predicted molar refractivity (Wildman–Crippen MR) is 52.3 cm³/mol. The monoisotopic (exact) mass is 266 g/mol. The van der Waals surface area contributed by atoms with Gasteiger partial charge in [-0.05, 0) is 0 Å². The Bertz CT molecular complexity index is 462. The number of alkyl halides is 3. The van der Waals surface area contributed by atoms with Crippen LogP contribution in [0.1, 0.15) is 16.1 Å². The van der Waals surface area contributed by atoms with Gasteiger partial charge in [-0.3, -0.25) is 0 Å². The second-order valence-corrected chi connectivity index (χ2v) is 3.05. The second kappa shape index (κ2) is 5.08. The van der Waals surface area contributed by atoms with Gasteiger partial charge in [0.1, 0.15) is 11.3 Å². The molecule has 0 aliphatic rings. The standard InChI is InChI=1S/C9H9F3N2O4/c1-17-7-4(8(15)16)2-6(5(3-13)14-7)18-9(10,11)12/h2H,3,13H2,1H3,(H,15,16). The first-order valence-corrected chi connectivity index (χ1v) is 4.55. The quantitative estimate of drug-likeness (QED) is 0.848. The third-order valence-corrected chi connectivity index (χ3v) is 1.87. The first-order chi connectivity index (χ1) is 8.28. The third kappa shape index (κ3) is 3.23. The van der Waals surface area contributed by atoms with Crippen molar-refractivity contribution in [3.05, 3.63) is 17.3 Å². The first-order valence-electron chi connectivity index (χ1n) is 4.55. The van der Waals surface area contributed by atoms with E-state index in [2.05, 4.69) is 14.5 Å². The lowest BCUT2D eigenvalue weighted by Gasteiger charge is -2.14. The van der Waals surface area contributed by atoms with Crippen molar-refractivity contribution in [1.29, 1.82) is 0 Å². The van der Waals surface area contributed by atoms with Crippen LogP contribution in [-0.4, -0.2) is 29.5 Å². The Morgan fingerprint density at radius 1 is 1.56 bits per heavy atom. The Morgan fingerprint density at radius 3 is 2.56 bits per heavy atom. The number of nitrogens with two attached hydrogens (primary N) is 1. The zero-order chi connectivity index (χ0) is 13.9. The molecule has 0 spiro atoms. The lowest BCUT2D eigenvalue weighted by Crippen LogP contribution is -2.20. The maximum Gasteiger partial charge on any atom is 0.573 e. The molecule has 18 heavy (non-hydrogen) atoms. The zero-order valence-corrected chi connectivity index (χ0v) is 9.11.